The standard InChI is InChI=1S/C20H16ClN3O5S2/c1-29-20-10-9-16(31(27,28)23-18-8-3-2-7-17(18)21)12-19(20)24-30(25,26)15-6-4-5-14(11-15)13-22/h2-12,23-24H,1H3. The summed E-state index contributed by atoms with van der Waals surface area (Å²) >= 11 is 6.01. The third kappa shape index (κ3) is 5.08. The number of nitrogens with one attached hydrogen (secondary N) is 2. The summed E-state index contributed by atoms with van der Waals surface area (Å²) < 4.78 is 61.0. The van der Waals surface area contributed by atoms with Crippen LogP contribution in [0.15, 0.2) is 76.5 Å². The second kappa shape index (κ2) is 8.85. The number of sulfonamides is 2. The fourth-order valence-corrected chi connectivity index (χ4v) is 5.07. The van der Waals surface area contributed by atoms with Crippen molar-refractivity contribution in [3.05, 3.63) is 77.3 Å². The smallest absolute Gasteiger partial charge is 0.262 e. The van der Waals surface area contributed by atoms with Crippen LogP contribution in [-0.2, 0) is 20.0 Å². The highest BCUT2D eigenvalue weighted by molar-refractivity contribution is 7.93. The van der Waals surface area contributed by atoms with Gasteiger partial charge < -0.3 is 4.74 Å². The molecule has 0 bridgehead atoms. The van der Waals surface area contributed by atoms with E-state index in [1.807, 2.05) is 6.07 Å². The van der Waals surface area contributed by atoms with E-state index in [9.17, 15) is 16.8 Å². The second-order valence-corrected chi connectivity index (χ2v) is 9.96. The third-order valence-corrected chi connectivity index (χ3v) is 7.17. The lowest BCUT2D eigenvalue weighted by Gasteiger charge is -2.15. The Labute approximate surface area is 185 Å². The maximum absolute atomic E-state index is 12.8. The summed E-state index contributed by atoms with van der Waals surface area (Å²) in [6.45, 7) is 0. The number of rotatable bonds is 7. The monoisotopic (exact) mass is 477 g/mol. The van der Waals surface area contributed by atoms with Crippen LogP contribution in [0.1, 0.15) is 5.56 Å². The first kappa shape index (κ1) is 22.4. The van der Waals surface area contributed by atoms with Crippen molar-refractivity contribution in [2.45, 2.75) is 9.79 Å². The van der Waals surface area contributed by atoms with Crippen LogP contribution in [0.3, 0.4) is 0 Å². The minimum Gasteiger partial charge on any atom is -0.495 e. The first-order valence-electron chi connectivity index (χ1n) is 8.64. The first-order chi connectivity index (χ1) is 14.7. The quantitative estimate of drug-likeness (QED) is 0.532. The molecule has 3 rings (SSSR count). The van der Waals surface area contributed by atoms with Gasteiger partial charge in [0.15, 0.2) is 0 Å². The van der Waals surface area contributed by atoms with Gasteiger partial charge >= 0.3 is 0 Å². The molecule has 0 saturated heterocycles. The number of methoxy groups -OCH3 is 1. The number of anilines is 2. The normalized spacial score (nSPS) is 11.4. The number of hydrogen-bond donors (Lipinski definition) is 2. The summed E-state index contributed by atoms with van der Waals surface area (Å²) in [4.78, 5) is -0.368. The van der Waals surface area contributed by atoms with E-state index in [0.29, 0.717) is 0 Å². The predicted octanol–water partition coefficient (Wildman–Crippen LogP) is 3.82. The molecule has 0 unspecified atom stereocenters. The zero-order valence-electron chi connectivity index (χ0n) is 16.0. The number of nitriles is 1. The van der Waals surface area contributed by atoms with Gasteiger partial charge in [0.05, 0.1) is 44.9 Å². The molecule has 160 valence electrons. The molecule has 0 aromatic heterocycles. The molecule has 31 heavy (non-hydrogen) atoms. The summed E-state index contributed by atoms with van der Waals surface area (Å²) in [6, 6.07) is 17.3. The zero-order valence-corrected chi connectivity index (χ0v) is 18.4. The van der Waals surface area contributed by atoms with Crippen molar-refractivity contribution in [1.82, 2.24) is 0 Å². The van der Waals surface area contributed by atoms with Crippen LogP contribution >= 0.6 is 11.6 Å². The van der Waals surface area contributed by atoms with Gasteiger partial charge in [0, 0.05) is 0 Å². The van der Waals surface area contributed by atoms with Gasteiger partial charge in [-0.25, -0.2) is 16.8 Å². The Kier molecular flexibility index (Phi) is 6.40. The summed E-state index contributed by atoms with van der Waals surface area (Å²) in [5.41, 5.74) is 0.248. The third-order valence-electron chi connectivity index (χ3n) is 4.12. The average molecular weight is 478 g/mol. The van der Waals surface area contributed by atoms with Crippen molar-refractivity contribution in [3.8, 4) is 11.8 Å². The van der Waals surface area contributed by atoms with Crippen LogP contribution in [-0.4, -0.2) is 23.9 Å². The number of halogens is 1. The van der Waals surface area contributed by atoms with E-state index in [-0.39, 0.29) is 37.5 Å². The van der Waals surface area contributed by atoms with Crippen molar-refractivity contribution in [2.75, 3.05) is 16.6 Å². The fourth-order valence-electron chi connectivity index (χ4n) is 2.62. The maximum Gasteiger partial charge on any atom is 0.262 e. The van der Waals surface area contributed by atoms with E-state index < -0.39 is 20.0 Å². The maximum atomic E-state index is 12.8. The predicted molar refractivity (Wildman–Crippen MR) is 117 cm³/mol. The van der Waals surface area contributed by atoms with Crippen LogP contribution in [0.4, 0.5) is 11.4 Å². The van der Waals surface area contributed by atoms with Crippen LogP contribution in [0.2, 0.25) is 5.02 Å². The van der Waals surface area contributed by atoms with Crippen LogP contribution in [0.25, 0.3) is 0 Å². The Hall–Kier alpha value is -3.26. The Morgan fingerprint density at radius 1 is 0.839 bits per heavy atom. The topological polar surface area (TPSA) is 125 Å². The molecule has 0 aliphatic carbocycles. The molecule has 0 radical (unpaired) electrons. The number of ether oxygens (including phenoxy) is 1. The molecule has 0 atom stereocenters. The van der Waals surface area contributed by atoms with Gasteiger partial charge in [-0.05, 0) is 48.5 Å². The van der Waals surface area contributed by atoms with Gasteiger partial charge in [0.25, 0.3) is 20.0 Å². The molecule has 3 aromatic carbocycles. The number of nitrogens with zero attached hydrogens (tertiary/aromatic N) is 1. The molecule has 0 amide bonds. The summed E-state index contributed by atoms with van der Waals surface area (Å²) in [5.74, 6) is 0.108. The SMILES string of the molecule is COc1ccc(S(=O)(=O)Nc2ccccc2Cl)cc1NS(=O)(=O)c1cccc(C#N)c1. The van der Waals surface area contributed by atoms with E-state index in [2.05, 4.69) is 9.44 Å². The molecule has 0 fully saturated rings. The van der Waals surface area contributed by atoms with E-state index in [0.717, 1.165) is 6.07 Å². The highest BCUT2D eigenvalue weighted by Crippen LogP contribution is 2.31. The van der Waals surface area contributed by atoms with E-state index in [1.54, 1.807) is 12.1 Å². The van der Waals surface area contributed by atoms with Crippen LogP contribution in [0.5, 0.6) is 5.75 Å². The zero-order chi connectivity index (χ0) is 22.6. The molecule has 2 N–H and O–H groups in total. The Morgan fingerprint density at radius 2 is 1.48 bits per heavy atom. The van der Waals surface area contributed by atoms with E-state index >= 15 is 0 Å². The fraction of sp³-hybridized carbons (Fsp3) is 0.0500. The van der Waals surface area contributed by atoms with Crippen molar-refractivity contribution in [3.63, 3.8) is 0 Å². The first-order valence-corrected chi connectivity index (χ1v) is 12.0. The molecular weight excluding hydrogens is 462 g/mol. The molecule has 0 heterocycles. The average Bonchev–Trinajstić information content (AvgIpc) is 2.75. The molecule has 3 aromatic rings. The highest BCUT2D eigenvalue weighted by atomic mass is 35.5. The van der Waals surface area contributed by atoms with Crippen LogP contribution < -0.4 is 14.2 Å². The van der Waals surface area contributed by atoms with Crippen molar-refractivity contribution >= 4 is 43.0 Å². The Balaban J connectivity index is 1.99. The lowest BCUT2D eigenvalue weighted by Crippen LogP contribution is -2.16. The van der Waals surface area contributed by atoms with Gasteiger partial charge in [-0.1, -0.05) is 29.8 Å². The summed E-state index contributed by atoms with van der Waals surface area (Å²) in [5, 5.41) is 9.20. The van der Waals surface area contributed by atoms with Gasteiger partial charge in [-0.15, -0.1) is 0 Å². The molecule has 0 aliphatic rings. The van der Waals surface area contributed by atoms with Gasteiger partial charge in [-0.3, -0.25) is 9.44 Å². The molecule has 0 aliphatic heterocycles. The number of hydrogen-bond acceptors (Lipinski definition) is 6. The lowest BCUT2D eigenvalue weighted by molar-refractivity contribution is 0.416. The largest absolute Gasteiger partial charge is 0.495 e. The number of benzene rings is 3. The minimum absolute atomic E-state index is 0.0908. The van der Waals surface area contributed by atoms with E-state index in [1.165, 1.54) is 55.6 Å². The molecule has 11 heteroatoms. The molecule has 0 saturated carbocycles. The van der Waals surface area contributed by atoms with Gasteiger partial charge in [0.2, 0.25) is 0 Å². The summed E-state index contributed by atoms with van der Waals surface area (Å²) in [6.07, 6.45) is 0. The molecule has 0 spiro atoms. The second-order valence-electron chi connectivity index (χ2n) is 6.19. The summed E-state index contributed by atoms with van der Waals surface area (Å²) in [7, 11) is -6.89. The molecular formula is C20H16ClN3O5S2. The van der Waals surface area contributed by atoms with Gasteiger partial charge in [0.1, 0.15) is 5.75 Å². The van der Waals surface area contributed by atoms with Crippen molar-refractivity contribution in [2.24, 2.45) is 0 Å². The lowest BCUT2D eigenvalue weighted by atomic mass is 10.2. The van der Waals surface area contributed by atoms with E-state index in [4.69, 9.17) is 21.6 Å². The Bertz CT molecular complexity index is 1380. The minimum atomic E-state index is -4.12. The van der Waals surface area contributed by atoms with Crippen molar-refractivity contribution in [1.29, 1.82) is 5.26 Å². The molecule has 8 nitrogen and oxygen atoms in total. The highest BCUT2D eigenvalue weighted by Gasteiger charge is 2.21. The van der Waals surface area contributed by atoms with Gasteiger partial charge in [-0.2, -0.15) is 5.26 Å². The van der Waals surface area contributed by atoms with Crippen LogP contribution in [0, 0.1) is 11.3 Å². The van der Waals surface area contributed by atoms with Crippen molar-refractivity contribution < 1.29 is 21.6 Å². The Morgan fingerprint density at radius 3 is 2.13 bits per heavy atom. The number of para-hydroxylation sites is 1.